The Kier molecular flexibility index (Phi) is 4.51. The van der Waals surface area contributed by atoms with Crippen molar-refractivity contribution < 1.29 is 5.21 Å². The maximum Gasteiger partial charge on any atom is 0.0621 e. The molecule has 1 N–H and O–H groups in total. The number of rotatable bonds is 3. The molecule has 0 aliphatic rings. The Bertz CT molecular complexity index is 134. The Morgan fingerprint density at radius 2 is 2.44 bits per heavy atom. The van der Waals surface area contributed by atoms with Crippen molar-refractivity contribution in [3.63, 3.8) is 0 Å². The van der Waals surface area contributed by atoms with Crippen LogP contribution in [0, 0.1) is 11.3 Å². The zero-order valence-electron chi connectivity index (χ0n) is 5.46. The molecule has 0 fully saturated rings. The lowest BCUT2D eigenvalue weighted by molar-refractivity contribution is 0.317. The fourth-order valence-electron chi connectivity index (χ4n) is 0.473. The first kappa shape index (κ1) is 7.96. The van der Waals surface area contributed by atoms with E-state index < -0.39 is 0 Å². The van der Waals surface area contributed by atoms with Crippen molar-refractivity contribution in [1.82, 2.24) is 0 Å². The highest BCUT2D eigenvalue weighted by atomic mass is 16.4. The minimum Gasteiger partial charge on any atom is -0.411 e. The molecule has 9 heavy (non-hydrogen) atoms. The van der Waals surface area contributed by atoms with E-state index in [1.807, 2.05) is 6.07 Å². The Morgan fingerprint density at radius 3 is 2.89 bits per heavy atom. The van der Waals surface area contributed by atoms with Gasteiger partial charge in [0, 0.05) is 6.42 Å². The van der Waals surface area contributed by atoms with Crippen molar-refractivity contribution in [2.45, 2.75) is 26.2 Å². The summed E-state index contributed by atoms with van der Waals surface area (Å²) in [5.74, 6) is 0. The van der Waals surface area contributed by atoms with Crippen LogP contribution >= 0.6 is 0 Å². The first-order valence-corrected chi connectivity index (χ1v) is 2.85. The second kappa shape index (κ2) is 5.10. The summed E-state index contributed by atoms with van der Waals surface area (Å²) in [5.41, 5.74) is 0.685. The zero-order valence-corrected chi connectivity index (χ0v) is 5.46. The maximum absolute atomic E-state index is 8.14. The summed E-state index contributed by atoms with van der Waals surface area (Å²) in [4.78, 5) is 0. The van der Waals surface area contributed by atoms with Gasteiger partial charge < -0.3 is 5.21 Å². The Morgan fingerprint density at radius 1 is 1.78 bits per heavy atom. The van der Waals surface area contributed by atoms with Crippen LogP contribution in [0.4, 0.5) is 0 Å². The lowest BCUT2D eigenvalue weighted by atomic mass is 10.2. The Balaban J connectivity index is 3.20. The summed E-state index contributed by atoms with van der Waals surface area (Å²) in [5, 5.41) is 19.2. The Labute approximate surface area is 54.6 Å². The minimum absolute atomic E-state index is 0.535. The molecule has 0 aliphatic carbocycles. The van der Waals surface area contributed by atoms with E-state index in [1.165, 1.54) is 0 Å². The predicted octanol–water partition coefficient (Wildman–Crippen LogP) is 1.53. The third-order valence-corrected chi connectivity index (χ3v) is 0.998. The molecule has 0 aliphatic heterocycles. The second-order valence-corrected chi connectivity index (χ2v) is 1.85. The number of nitrogens with zero attached hydrogens (tertiary/aromatic N) is 2. The van der Waals surface area contributed by atoms with Gasteiger partial charge in [-0.05, 0) is 19.8 Å². The molecular formula is C6H10N2O. The number of unbranched alkanes of at least 4 members (excludes halogenated alkanes) is 1. The lowest BCUT2D eigenvalue weighted by Crippen LogP contribution is -1.89. The molecule has 0 bridgehead atoms. The van der Waals surface area contributed by atoms with Gasteiger partial charge in [0.05, 0.1) is 11.8 Å². The summed E-state index contributed by atoms with van der Waals surface area (Å²) >= 11 is 0. The standard InChI is InChI=1S/C6H10N2O/c1-6(8-9)4-2-3-5-7/h9H,2-4H2,1H3/b8-6+. The molecule has 0 aromatic heterocycles. The third kappa shape index (κ3) is 4.82. The fraction of sp³-hybridized carbons (Fsp3) is 0.667. The van der Waals surface area contributed by atoms with E-state index in [0.29, 0.717) is 18.6 Å². The van der Waals surface area contributed by atoms with Crippen molar-refractivity contribution in [3.05, 3.63) is 0 Å². The van der Waals surface area contributed by atoms with Crippen LogP contribution in [0.15, 0.2) is 5.16 Å². The molecule has 0 rings (SSSR count). The monoisotopic (exact) mass is 126 g/mol. The molecule has 0 aromatic rings. The highest BCUT2D eigenvalue weighted by Gasteiger charge is 1.89. The van der Waals surface area contributed by atoms with E-state index in [4.69, 9.17) is 10.5 Å². The second-order valence-electron chi connectivity index (χ2n) is 1.85. The highest BCUT2D eigenvalue weighted by Crippen LogP contribution is 1.95. The normalized spacial score (nSPS) is 10.9. The first-order valence-electron chi connectivity index (χ1n) is 2.85. The molecule has 0 amide bonds. The van der Waals surface area contributed by atoms with Gasteiger partial charge in [-0.2, -0.15) is 5.26 Å². The van der Waals surface area contributed by atoms with Crippen LogP contribution in [0.2, 0.25) is 0 Å². The summed E-state index contributed by atoms with van der Waals surface area (Å²) in [6.07, 6.45) is 2.03. The quantitative estimate of drug-likeness (QED) is 0.270. The van der Waals surface area contributed by atoms with Crippen LogP contribution in [-0.4, -0.2) is 10.9 Å². The SMILES string of the molecule is C/C(CCCC#N)=N\O. The van der Waals surface area contributed by atoms with Gasteiger partial charge >= 0.3 is 0 Å². The largest absolute Gasteiger partial charge is 0.411 e. The van der Waals surface area contributed by atoms with E-state index >= 15 is 0 Å². The lowest BCUT2D eigenvalue weighted by Gasteiger charge is -1.90. The molecule has 0 radical (unpaired) electrons. The highest BCUT2D eigenvalue weighted by molar-refractivity contribution is 5.81. The molecule has 0 atom stereocenters. The van der Waals surface area contributed by atoms with Crippen LogP contribution in [0.3, 0.4) is 0 Å². The van der Waals surface area contributed by atoms with Crippen molar-refractivity contribution in [2.24, 2.45) is 5.16 Å². The van der Waals surface area contributed by atoms with Gasteiger partial charge in [-0.25, -0.2) is 0 Å². The number of hydrogen-bond donors (Lipinski definition) is 1. The van der Waals surface area contributed by atoms with Crippen LogP contribution in [0.25, 0.3) is 0 Å². The molecule has 0 saturated carbocycles. The molecular weight excluding hydrogens is 116 g/mol. The summed E-state index contributed by atoms with van der Waals surface area (Å²) in [7, 11) is 0. The van der Waals surface area contributed by atoms with Gasteiger partial charge in [0.15, 0.2) is 0 Å². The zero-order chi connectivity index (χ0) is 7.11. The molecule has 0 spiro atoms. The molecule has 0 heterocycles. The minimum atomic E-state index is 0.535. The van der Waals surface area contributed by atoms with E-state index in [0.717, 1.165) is 6.42 Å². The van der Waals surface area contributed by atoms with Crippen LogP contribution in [0.5, 0.6) is 0 Å². The van der Waals surface area contributed by atoms with Crippen molar-refractivity contribution in [1.29, 1.82) is 5.26 Å². The molecule has 0 unspecified atom stereocenters. The average molecular weight is 126 g/mol. The Hall–Kier alpha value is -1.04. The van der Waals surface area contributed by atoms with E-state index in [2.05, 4.69) is 5.16 Å². The topological polar surface area (TPSA) is 56.4 Å². The average Bonchev–Trinajstić information content (AvgIpc) is 1.89. The molecule has 0 saturated heterocycles. The first-order chi connectivity index (χ1) is 4.31. The fourth-order valence-corrected chi connectivity index (χ4v) is 0.473. The number of oxime groups is 1. The predicted molar refractivity (Wildman–Crippen MR) is 34.4 cm³/mol. The molecule has 0 aromatic carbocycles. The third-order valence-electron chi connectivity index (χ3n) is 0.998. The van der Waals surface area contributed by atoms with Crippen LogP contribution < -0.4 is 0 Å². The van der Waals surface area contributed by atoms with Gasteiger partial charge in [-0.15, -0.1) is 0 Å². The molecule has 50 valence electrons. The van der Waals surface area contributed by atoms with Crippen LogP contribution in [0.1, 0.15) is 26.2 Å². The van der Waals surface area contributed by atoms with Crippen molar-refractivity contribution in [3.8, 4) is 6.07 Å². The summed E-state index contributed by atoms with van der Waals surface area (Å²) in [6.45, 7) is 1.73. The van der Waals surface area contributed by atoms with Gasteiger partial charge in [-0.1, -0.05) is 5.16 Å². The maximum atomic E-state index is 8.14. The smallest absolute Gasteiger partial charge is 0.0621 e. The van der Waals surface area contributed by atoms with Gasteiger partial charge in [0.25, 0.3) is 0 Å². The van der Waals surface area contributed by atoms with E-state index in [9.17, 15) is 0 Å². The molecule has 3 heteroatoms. The number of nitriles is 1. The van der Waals surface area contributed by atoms with Gasteiger partial charge in [0.2, 0.25) is 0 Å². The number of hydrogen-bond acceptors (Lipinski definition) is 3. The van der Waals surface area contributed by atoms with E-state index in [-0.39, 0.29) is 0 Å². The van der Waals surface area contributed by atoms with Crippen molar-refractivity contribution in [2.75, 3.05) is 0 Å². The van der Waals surface area contributed by atoms with Gasteiger partial charge in [-0.3, -0.25) is 0 Å². The van der Waals surface area contributed by atoms with E-state index in [1.54, 1.807) is 6.92 Å². The van der Waals surface area contributed by atoms with Crippen molar-refractivity contribution >= 4 is 5.71 Å². The molecule has 3 nitrogen and oxygen atoms in total. The van der Waals surface area contributed by atoms with Crippen LogP contribution in [-0.2, 0) is 0 Å². The summed E-state index contributed by atoms with van der Waals surface area (Å²) in [6, 6.07) is 2.01. The van der Waals surface area contributed by atoms with Gasteiger partial charge in [0.1, 0.15) is 0 Å². The summed E-state index contributed by atoms with van der Waals surface area (Å²) < 4.78 is 0.